The van der Waals surface area contributed by atoms with Gasteiger partial charge in [-0.3, -0.25) is 0 Å². The molecule has 8 heteroatoms. The highest BCUT2D eigenvalue weighted by molar-refractivity contribution is 7.92. The summed E-state index contributed by atoms with van der Waals surface area (Å²) in [6.45, 7) is 5.33. The first-order chi connectivity index (χ1) is 15.0. The molecular formula is C23H31N3O4S. The Morgan fingerprint density at radius 2 is 1.87 bits per heavy atom. The van der Waals surface area contributed by atoms with Crippen LogP contribution >= 0.6 is 0 Å². The van der Waals surface area contributed by atoms with Gasteiger partial charge in [-0.15, -0.1) is 0 Å². The number of hydrogen-bond acceptors (Lipinski definition) is 7. The van der Waals surface area contributed by atoms with Crippen LogP contribution in [0, 0.1) is 17.8 Å². The lowest BCUT2D eigenvalue weighted by molar-refractivity contribution is 0.104. The Hall–Kier alpha value is -1.93. The Labute approximate surface area is 184 Å². The monoisotopic (exact) mass is 445 g/mol. The second kappa shape index (κ2) is 8.54. The van der Waals surface area contributed by atoms with E-state index in [9.17, 15) is 8.42 Å². The Morgan fingerprint density at radius 3 is 2.52 bits per heavy atom. The van der Waals surface area contributed by atoms with E-state index >= 15 is 0 Å². The molecule has 3 fully saturated rings. The van der Waals surface area contributed by atoms with Crippen LogP contribution in [-0.4, -0.2) is 43.5 Å². The van der Waals surface area contributed by atoms with Crippen LogP contribution in [0.3, 0.4) is 0 Å². The van der Waals surface area contributed by atoms with Crippen LogP contribution in [-0.2, 0) is 27.6 Å². The third-order valence-corrected chi connectivity index (χ3v) is 9.26. The molecule has 1 aromatic carbocycles. The van der Waals surface area contributed by atoms with Crippen molar-refractivity contribution in [2.45, 2.75) is 62.2 Å². The number of anilines is 1. The van der Waals surface area contributed by atoms with Gasteiger partial charge in [0.2, 0.25) is 0 Å². The molecular weight excluding hydrogens is 414 g/mol. The van der Waals surface area contributed by atoms with Crippen LogP contribution in [0.4, 0.5) is 6.01 Å². The lowest BCUT2D eigenvalue weighted by Gasteiger charge is -2.30. The van der Waals surface area contributed by atoms with Gasteiger partial charge in [0.25, 0.3) is 0 Å². The Bertz CT molecular complexity index is 992. The van der Waals surface area contributed by atoms with E-state index in [1.54, 1.807) is 12.1 Å². The maximum absolute atomic E-state index is 12.3. The zero-order chi connectivity index (χ0) is 21.4. The second-order valence-electron chi connectivity index (χ2n) is 9.23. The molecule has 7 nitrogen and oxygen atoms in total. The largest absolute Gasteiger partial charge is 0.376 e. The summed E-state index contributed by atoms with van der Waals surface area (Å²) < 4.78 is 35.9. The number of aromatic nitrogens is 2. The van der Waals surface area contributed by atoms with Crippen molar-refractivity contribution in [3.05, 3.63) is 35.7 Å². The van der Waals surface area contributed by atoms with E-state index in [1.807, 2.05) is 19.1 Å². The highest BCUT2D eigenvalue weighted by Gasteiger charge is 2.44. The third-order valence-electron chi connectivity index (χ3n) is 6.98. The van der Waals surface area contributed by atoms with Crippen molar-refractivity contribution >= 4 is 15.9 Å². The summed E-state index contributed by atoms with van der Waals surface area (Å²) in [6, 6.07) is 7.90. The Morgan fingerprint density at radius 1 is 1.13 bits per heavy atom. The maximum atomic E-state index is 12.3. The van der Waals surface area contributed by atoms with Crippen molar-refractivity contribution in [2.75, 3.05) is 24.6 Å². The SMILES string of the molecule is CCc1noc(N2CCC([C@H]3C[C@H]3COCc3ccc(S(=O)(=O)C4CC4)cc3)CC2)n1. The minimum Gasteiger partial charge on any atom is -0.376 e. The van der Waals surface area contributed by atoms with E-state index in [4.69, 9.17) is 9.26 Å². The van der Waals surface area contributed by atoms with Crippen molar-refractivity contribution in [1.82, 2.24) is 10.1 Å². The highest BCUT2D eigenvalue weighted by Crippen LogP contribution is 2.48. The van der Waals surface area contributed by atoms with Gasteiger partial charge < -0.3 is 14.2 Å². The smallest absolute Gasteiger partial charge is 0.324 e. The highest BCUT2D eigenvalue weighted by atomic mass is 32.2. The second-order valence-corrected chi connectivity index (χ2v) is 11.5. The number of hydrogen-bond donors (Lipinski definition) is 0. The van der Waals surface area contributed by atoms with Crippen LogP contribution in [0.25, 0.3) is 0 Å². The Balaban J connectivity index is 1.03. The van der Waals surface area contributed by atoms with E-state index in [-0.39, 0.29) is 5.25 Å². The number of benzene rings is 1. The number of rotatable bonds is 9. The van der Waals surface area contributed by atoms with Crippen molar-refractivity contribution in [1.29, 1.82) is 0 Å². The van der Waals surface area contributed by atoms with Gasteiger partial charge in [0.05, 0.1) is 23.4 Å². The van der Waals surface area contributed by atoms with E-state index in [0.717, 1.165) is 62.2 Å². The van der Waals surface area contributed by atoms with Gasteiger partial charge in [0.1, 0.15) is 0 Å². The fourth-order valence-electron chi connectivity index (χ4n) is 4.75. The zero-order valence-corrected chi connectivity index (χ0v) is 18.9. The average molecular weight is 446 g/mol. The lowest BCUT2D eigenvalue weighted by Crippen LogP contribution is -2.34. The predicted molar refractivity (Wildman–Crippen MR) is 117 cm³/mol. The predicted octanol–water partition coefficient (Wildman–Crippen LogP) is 3.64. The maximum Gasteiger partial charge on any atom is 0.324 e. The molecule has 0 spiro atoms. The van der Waals surface area contributed by atoms with Crippen molar-refractivity contribution in [3.63, 3.8) is 0 Å². The molecule has 31 heavy (non-hydrogen) atoms. The van der Waals surface area contributed by atoms with Gasteiger partial charge in [0.15, 0.2) is 15.7 Å². The topological polar surface area (TPSA) is 85.5 Å². The minimum absolute atomic E-state index is 0.158. The van der Waals surface area contributed by atoms with Gasteiger partial charge in [-0.2, -0.15) is 4.98 Å². The summed E-state index contributed by atoms with van der Waals surface area (Å²) in [6.07, 6.45) is 5.98. The molecule has 0 unspecified atom stereocenters. The van der Waals surface area contributed by atoms with Gasteiger partial charge in [-0.25, -0.2) is 8.42 Å². The molecule has 2 saturated carbocycles. The summed E-state index contributed by atoms with van der Waals surface area (Å²) >= 11 is 0. The first kappa shape index (κ1) is 20.9. The molecule has 2 aromatic rings. The molecule has 168 valence electrons. The first-order valence-electron chi connectivity index (χ1n) is 11.5. The van der Waals surface area contributed by atoms with Gasteiger partial charge in [-0.1, -0.05) is 24.2 Å². The molecule has 0 amide bonds. The number of ether oxygens (including phenoxy) is 1. The molecule has 2 atom stereocenters. The van der Waals surface area contributed by atoms with E-state index in [2.05, 4.69) is 15.0 Å². The molecule has 1 saturated heterocycles. The summed E-state index contributed by atoms with van der Waals surface area (Å²) in [7, 11) is -3.11. The number of sulfone groups is 1. The molecule has 1 aliphatic heterocycles. The molecule has 5 rings (SSSR count). The number of nitrogens with zero attached hydrogens (tertiary/aromatic N) is 3. The first-order valence-corrected chi connectivity index (χ1v) is 13.1. The van der Waals surface area contributed by atoms with Crippen LogP contribution in [0.1, 0.15) is 50.4 Å². The van der Waals surface area contributed by atoms with Crippen molar-refractivity contribution in [2.24, 2.45) is 17.8 Å². The fourth-order valence-corrected chi connectivity index (χ4v) is 6.41. The molecule has 0 bridgehead atoms. The standard InChI is InChI=1S/C23H31N3O4S/c1-2-22-24-23(30-25-22)26-11-9-17(10-12-26)21-13-18(21)15-29-14-16-3-5-19(6-4-16)31(27,28)20-7-8-20/h3-6,17-18,20-21H,2,7-15H2,1H3/t18-,21+/m0/s1. The molecule has 3 aliphatic rings. The summed E-state index contributed by atoms with van der Waals surface area (Å²) in [5, 5.41) is 3.84. The third kappa shape index (κ3) is 4.65. The Kier molecular flexibility index (Phi) is 5.77. The van der Waals surface area contributed by atoms with Gasteiger partial charge in [0, 0.05) is 19.5 Å². The molecule has 1 aromatic heterocycles. The van der Waals surface area contributed by atoms with E-state index < -0.39 is 9.84 Å². The zero-order valence-electron chi connectivity index (χ0n) is 18.1. The lowest BCUT2D eigenvalue weighted by atomic mass is 9.91. The number of piperidine rings is 1. The summed E-state index contributed by atoms with van der Waals surface area (Å²) in [4.78, 5) is 7.10. The van der Waals surface area contributed by atoms with Crippen molar-refractivity contribution in [3.8, 4) is 0 Å². The van der Waals surface area contributed by atoms with E-state index in [1.165, 1.54) is 19.3 Å². The van der Waals surface area contributed by atoms with Crippen LogP contribution < -0.4 is 4.90 Å². The van der Waals surface area contributed by atoms with Gasteiger partial charge >= 0.3 is 6.01 Å². The quantitative estimate of drug-likeness (QED) is 0.582. The summed E-state index contributed by atoms with van der Waals surface area (Å²) in [5.74, 6) is 2.95. The van der Waals surface area contributed by atoms with Crippen LogP contribution in [0.5, 0.6) is 0 Å². The normalized spacial score (nSPS) is 24.5. The number of aryl methyl sites for hydroxylation is 1. The summed E-state index contributed by atoms with van der Waals surface area (Å²) in [5.41, 5.74) is 1.03. The molecule has 2 heterocycles. The molecule has 0 radical (unpaired) electrons. The average Bonchev–Trinajstić information content (AvgIpc) is 3.72. The van der Waals surface area contributed by atoms with Crippen LogP contribution in [0.15, 0.2) is 33.7 Å². The molecule has 2 aliphatic carbocycles. The van der Waals surface area contributed by atoms with Gasteiger partial charge in [-0.05, 0) is 67.6 Å². The minimum atomic E-state index is -3.11. The molecule has 0 N–H and O–H groups in total. The van der Waals surface area contributed by atoms with E-state index in [0.29, 0.717) is 23.4 Å². The van der Waals surface area contributed by atoms with Crippen molar-refractivity contribution < 1.29 is 17.7 Å². The fraction of sp³-hybridized carbons (Fsp3) is 0.652. The van der Waals surface area contributed by atoms with Crippen LogP contribution in [0.2, 0.25) is 0 Å².